The zero-order valence-corrected chi connectivity index (χ0v) is 8.86. The van der Waals surface area contributed by atoms with Gasteiger partial charge >= 0.3 is 0 Å². The van der Waals surface area contributed by atoms with Crippen LogP contribution in [0.15, 0.2) is 18.3 Å². The average molecular weight is 209 g/mol. The molecule has 0 saturated carbocycles. The van der Waals surface area contributed by atoms with Crippen LogP contribution < -0.4 is 15.8 Å². The third-order valence-electron chi connectivity index (χ3n) is 1.91. The van der Waals surface area contributed by atoms with Gasteiger partial charge in [-0.15, -0.1) is 0 Å². The second-order valence-electron chi connectivity index (χ2n) is 3.18. The Labute approximate surface area is 88.6 Å². The number of nitrogens with two attached hydrogens (primary N) is 1. The average Bonchev–Trinajstić information content (AvgIpc) is 2.26. The maximum Gasteiger partial charge on any atom is 0.236 e. The first-order valence-electron chi connectivity index (χ1n) is 4.66. The van der Waals surface area contributed by atoms with E-state index in [2.05, 4.69) is 10.3 Å². The van der Waals surface area contributed by atoms with Crippen molar-refractivity contribution in [2.75, 3.05) is 7.11 Å². The molecule has 0 fully saturated rings. The summed E-state index contributed by atoms with van der Waals surface area (Å²) in [6.07, 6.45) is 1.63. The normalized spacial score (nSPS) is 11.9. The fourth-order valence-electron chi connectivity index (χ4n) is 1.09. The van der Waals surface area contributed by atoms with Gasteiger partial charge in [-0.25, -0.2) is 4.98 Å². The fraction of sp³-hybridized carbons (Fsp3) is 0.400. The Balaban J connectivity index is 2.61. The van der Waals surface area contributed by atoms with Crippen LogP contribution in [-0.2, 0) is 11.3 Å². The van der Waals surface area contributed by atoms with E-state index in [4.69, 9.17) is 10.5 Å². The minimum Gasteiger partial charge on any atom is -0.481 e. The molecule has 0 aromatic carbocycles. The lowest BCUT2D eigenvalue weighted by atomic mass is 10.2. The van der Waals surface area contributed by atoms with Crippen LogP contribution >= 0.6 is 0 Å². The molecule has 1 aromatic heterocycles. The van der Waals surface area contributed by atoms with Crippen molar-refractivity contribution in [3.8, 4) is 5.88 Å². The van der Waals surface area contributed by atoms with Crippen molar-refractivity contribution >= 4 is 5.91 Å². The molecule has 0 unspecified atom stereocenters. The standard InChI is InChI=1S/C10H15N3O2/c1-7(11)9(14)13-6-8-4-3-5-12-10(8)15-2/h3-5,7H,6,11H2,1-2H3,(H,13,14)/t7-/m1/s1. The summed E-state index contributed by atoms with van der Waals surface area (Å²) in [7, 11) is 1.54. The number of methoxy groups -OCH3 is 1. The molecule has 0 aliphatic rings. The summed E-state index contributed by atoms with van der Waals surface area (Å²) >= 11 is 0. The van der Waals surface area contributed by atoms with Crippen LogP contribution in [0.5, 0.6) is 5.88 Å². The Morgan fingerprint density at radius 3 is 3.07 bits per heavy atom. The molecule has 15 heavy (non-hydrogen) atoms. The number of hydrogen-bond acceptors (Lipinski definition) is 4. The summed E-state index contributed by atoms with van der Waals surface area (Å²) in [4.78, 5) is 15.2. The molecule has 0 aliphatic carbocycles. The van der Waals surface area contributed by atoms with Gasteiger partial charge in [0.15, 0.2) is 0 Å². The zero-order chi connectivity index (χ0) is 11.3. The lowest BCUT2D eigenvalue weighted by molar-refractivity contribution is -0.122. The van der Waals surface area contributed by atoms with Crippen molar-refractivity contribution in [3.63, 3.8) is 0 Å². The van der Waals surface area contributed by atoms with Crippen LogP contribution in [0, 0.1) is 0 Å². The van der Waals surface area contributed by atoms with Crippen molar-refractivity contribution in [1.82, 2.24) is 10.3 Å². The minimum atomic E-state index is -0.507. The molecule has 0 bridgehead atoms. The molecule has 1 rings (SSSR count). The third kappa shape index (κ3) is 3.21. The fourth-order valence-corrected chi connectivity index (χ4v) is 1.09. The van der Waals surface area contributed by atoms with Gasteiger partial charge in [0.05, 0.1) is 13.2 Å². The second kappa shape index (κ2) is 5.31. The van der Waals surface area contributed by atoms with Crippen LogP contribution in [0.2, 0.25) is 0 Å². The van der Waals surface area contributed by atoms with E-state index in [-0.39, 0.29) is 5.91 Å². The summed E-state index contributed by atoms with van der Waals surface area (Å²) in [5, 5.41) is 2.69. The highest BCUT2D eigenvalue weighted by Gasteiger charge is 2.08. The highest BCUT2D eigenvalue weighted by Crippen LogP contribution is 2.12. The van der Waals surface area contributed by atoms with Gasteiger partial charge in [-0.1, -0.05) is 6.07 Å². The quantitative estimate of drug-likeness (QED) is 0.734. The first kappa shape index (κ1) is 11.5. The first-order valence-corrected chi connectivity index (χ1v) is 4.66. The number of amides is 1. The molecule has 1 atom stereocenters. The largest absolute Gasteiger partial charge is 0.481 e. The van der Waals surface area contributed by atoms with Crippen LogP contribution in [0.4, 0.5) is 0 Å². The van der Waals surface area contributed by atoms with E-state index in [1.807, 2.05) is 6.07 Å². The van der Waals surface area contributed by atoms with E-state index < -0.39 is 6.04 Å². The lowest BCUT2D eigenvalue weighted by Crippen LogP contribution is -2.37. The van der Waals surface area contributed by atoms with Gasteiger partial charge in [0, 0.05) is 18.3 Å². The maximum atomic E-state index is 11.2. The Hall–Kier alpha value is -1.62. The SMILES string of the molecule is COc1ncccc1CNC(=O)[C@@H](C)N. The Kier molecular flexibility index (Phi) is 4.05. The summed E-state index contributed by atoms with van der Waals surface area (Å²) in [5.41, 5.74) is 6.24. The highest BCUT2D eigenvalue weighted by molar-refractivity contribution is 5.80. The number of carbonyl (C=O) groups excluding carboxylic acids is 1. The number of nitrogens with one attached hydrogen (secondary N) is 1. The number of ether oxygens (including phenoxy) is 1. The van der Waals surface area contributed by atoms with Gasteiger partial charge in [0.1, 0.15) is 0 Å². The second-order valence-corrected chi connectivity index (χ2v) is 3.18. The Morgan fingerprint density at radius 1 is 1.73 bits per heavy atom. The molecule has 0 spiro atoms. The Bertz CT molecular complexity index is 339. The number of carbonyl (C=O) groups is 1. The van der Waals surface area contributed by atoms with E-state index >= 15 is 0 Å². The third-order valence-corrected chi connectivity index (χ3v) is 1.91. The van der Waals surface area contributed by atoms with Crippen molar-refractivity contribution in [1.29, 1.82) is 0 Å². The van der Waals surface area contributed by atoms with Gasteiger partial charge in [0.25, 0.3) is 0 Å². The summed E-state index contributed by atoms with van der Waals surface area (Å²) in [5.74, 6) is 0.323. The van der Waals surface area contributed by atoms with Gasteiger partial charge in [-0.05, 0) is 13.0 Å². The summed E-state index contributed by atoms with van der Waals surface area (Å²) < 4.78 is 5.04. The van der Waals surface area contributed by atoms with Crippen molar-refractivity contribution in [3.05, 3.63) is 23.9 Å². The van der Waals surface area contributed by atoms with E-state index in [0.29, 0.717) is 12.4 Å². The van der Waals surface area contributed by atoms with E-state index in [1.165, 1.54) is 0 Å². The van der Waals surface area contributed by atoms with E-state index in [1.54, 1.807) is 26.3 Å². The number of nitrogens with zero attached hydrogens (tertiary/aromatic N) is 1. The molecule has 5 heteroatoms. The maximum absolute atomic E-state index is 11.2. The molecule has 1 amide bonds. The smallest absolute Gasteiger partial charge is 0.236 e. The molecule has 82 valence electrons. The minimum absolute atomic E-state index is 0.194. The lowest BCUT2D eigenvalue weighted by Gasteiger charge is -2.09. The molecular weight excluding hydrogens is 194 g/mol. The van der Waals surface area contributed by atoms with Gasteiger partial charge in [-0.2, -0.15) is 0 Å². The van der Waals surface area contributed by atoms with Crippen LogP contribution in [0.3, 0.4) is 0 Å². The van der Waals surface area contributed by atoms with Gasteiger partial charge < -0.3 is 15.8 Å². The predicted molar refractivity (Wildman–Crippen MR) is 56.3 cm³/mol. The topological polar surface area (TPSA) is 77.2 Å². The molecule has 0 aliphatic heterocycles. The van der Waals surface area contributed by atoms with E-state index in [0.717, 1.165) is 5.56 Å². The van der Waals surface area contributed by atoms with Crippen LogP contribution in [0.25, 0.3) is 0 Å². The molecular formula is C10H15N3O2. The van der Waals surface area contributed by atoms with Crippen molar-refractivity contribution < 1.29 is 9.53 Å². The van der Waals surface area contributed by atoms with Gasteiger partial charge in [0.2, 0.25) is 11.8 Å². The van der Waals surface area contributed by atoms with Crippen molar-refractivity contribution in [2.24, 2.45) is 5.73 Å². The molecule has 1 heterocycles. The number of aromatic nitrogens is 1. The molecule has 1 aromatic rings. The molecule has 0 radical (unpaired) electrons. The van der Waals surface area contributed by atoms with E-state index in [9.17, 15) is 4.79 Å². The summed E-state index contributed by atoms with van der Waals surface area (Å²) in [6.45, 7) is 2.01. The predicted octanol–water partition coefficient (Wildman–Crippen LogP) is 0.0536. The highest BCUT2D eigenvalue weighted by atomic mass is 16.5. The van der Waals surface area contributed by atoms with Crippen LogP contribution in [0.1, 0.15) is 12.5 Å². The number of rotatable bonds is 4. The number of pyridine rings is 1. The van der Waals surface area contributed by atoms with Gasteiger partial charge in [-0.3, -0.25) is 4.79 Å². The summed E-state index contributed by atoms with van der Waals surface area (Å²) in [6, 6.07) is 3.12. The first-order chi connectivity index (χ1) is 7.15. The molecule has 5 nitrogen and oxygen atoms in total. The van der Waals surface area contributed by atoms with Crippen molar-refractivity contribution in [2.45, 2.75) is 19.5 Å². The Morgan fingerprint density at radius 2 is 2.47 bits per heavy atom. The zero-order valence-electron chi connectivity index (χ0n) is 8.86. The monoisotopic (exact) mass is 209 g/mol. The molecule has 0 saturated heterocycles. The molecule has 3 N–H and O–H groups in total. The van der Waals surface area contributed by atoms with Crippen LogP contribution in [-0.4, -0.2) is 24.0 Å². The number of hydrogen-bond donors (Lipinski definition) is 2.